The maximum atomic E-state index is 12.6. The smallest absolute Gasteiger partial charge is 0.263 e. The Hall–Kier alpha value is -1.79. The van der Waals surface area contributed by atoms with Crippen molar-refractivity contribution in [1.29, 1.82) is 0 Å². The van der Waals surface area contributed by atoms with Crippen LogP contribution in [0.4, 0.5) is 0 Å². The van der Waals surface area contributed by atoms with Gasteiger partial charge in [0.2, 0.25) is 5.91 Å². The highest BCUT2D eigenvalue weighted by Gasteiger charge is 2.27. The molecule has 1 unspecified atom stereocenters. The lowest BCUT2D eigenvalue weighted by Crippen LogP contribution is -2.53. The third kappa shape index (κ3) is 5.88. The molecule has 0 spiro atoms. The number of nitrogens with one attached hydrogen (secondary N) is 1. The summed E-state index contributed by atoms with van der Waals surface area (Å²) >= 11 is 5.95. The van der Waals surface area contributed by atoms with Gasteiger partial charge in [0.15, 0.2) is 6.10 Å². The Morgan fingerprint density at radius 3 is 2.42 bits per heavy atom. The number of halogens is 1. The predicted molar refractivity (Wildman–Crippen MR) is 103 cm³/mol. The summed E-state index contributed by atoms with van der Waals surface area (Å²) in [6.45, 7) is 10.5. The van der Waals surface area contributed by atoms with E-state index in [0.717, 1.165) is 5.56 Å². The monoisotopic (exact) mass is 381 g/mol. The van der Waals surface area contributed by atoms with Crippen LogP contribution < -0.4 is 10.1 Å². The summed E-state index contributed by atoms with van der Waals surface area (Å²) in [5.41, 5.74) is 0.901. The van der Waals surface area contributed by atoms with E-state index >= 15 is 0 Å². The van der Waals surface area contributed by atoms with Crippen LogP contribution in [0.5, 0.6) is 5.75 Å². The molecule has 144 valence electrons. The van der Waals surface area contributed by atoms with Gasteiger partial charge in [0.1, 0.15) is 5.75 Å². The number of piperazine rings is 1. The molecule has 1 heterocycles. The molecule has 1 N–H and O–H groups in total. The molecule has 2 amide bonds. The average molecular weight is 382 g/mol. The molecule has 7 heteroatoms. The number of carbonyl (C=O) groups is 2. The zero-order valence-corrected chi connectivity index (χ0v) is 16.7. The minimum atomic E-state index is -0.564. The van der Waals surface area contributed by atoms with Crippen LogP contribution in [-0.2, 0) is 9.59 Å². The van der Waals surface area contributed by atoms with Crippen molar-refractivity contribution >= 4 is 23.4 Å². The Labute approximate surface area is 160 Å². The molecular formula is C19H28ClN3O3. The number of ether oxygens (including phenoxy) is 1. The van der Waals surface area contributed by atoms with E-state index < -0.39 is 6.10 Å². The van der Waals surface area contributed by atoms with E-state index in [0.29, 0.717) is 43.5 Å². The van der Waals surface area contributed by atoms with Gasteiger partial charge in [-0.15, -0.1) is 0 Å². The van der Waals surface area contributed by atoms with Crippen LogP contribution in [0.1, 0.15) is 26.3 Å². The average Bonchev–Trinajstić information content (AvgIpc) is 2.56. The Balaban J connectivity index is 1.82. The van der Waals surface area contributed by atoms with E-state index in [2.05, 4.69) is 10.2 Å². The number of carbonyl (C=O) groups excluding carboxylic acids is 2. The first-order chi connectivity index (χ1) is 12.3. The lowest BCUT2D eigenvalue weighted by atomic mass is 10.2. The highest BCUT2D eigenvalue weighted by molar-refractivity contribution is 6.30. The molecule has 0 bridgehead atoms. The number of aryl methyl sites for hydroxylation is 1. The normalized spacial score (nSPS) is 16.5. The third-order valence-electron chi connectivity index (χ3n) is 4.29. The van der Waals surface area contributed by atoms with Crippen LogP contribution >= 0.6 is 11.6 Å². The number of benzene rings is 1. The first-order valence-electron chi connectivity index (χ1n) is 8.99. The Bertz CT molecular complexity index is 643. The van der Waals surface area contributed by atoms with Crippen LogP contribution in [0.2, 0.25) is 5.02 Å². The minimum absolute atomic E-state index is 0.0229. The van der Waals surface area contributed by atoms with Crippen molar-refractivity contribution in [2.45, 2.75) is 39.8 Å². The van der Waals surface area contributed by atoms with Gasteiger partial charge in [-0.3, -0.25) is 14.5 Å². The van der Waals surface area contributed by atoms with Crippen molar-refractivity contribution in [3.8, 4) is 5.75 Å². The van der Waals surface area contributed by atoms with Crippen LogP contribution in [0, 0.1) is 6.92 Å². The summed E-state index contributed by atoms with van der Waals surface area (Å²) in [5.74, 6) is 0.652. The lowest BCUT2D eigenvalue weighted by Gasteiger charge is -2.35. The van der Waals surface area contributed by atoms with Gasteiger partial charge in [0.25, 0.3) is 5.91 Å². The van der Waals surface area contributed by atoms with Gasteiger partial charge < -0.3 is 15.0 Å². The summed E-state index contributed by atoms with van der Waals surface area (Å²) < 4.78 is 5.82. The van der Waals surface area contributed by atoms with E-state index in [-0.39, 0.29) is 17.9 Å². The largest absolute Gasteiger partial charge is 0.481 e. The zero-order chi connectivity index (χ0) is 19.3. The summed E-state index contributed by atoms with van der Waals surface area (Å²) in [5, 5.41) is 3.53. The number of rotatable bonds is 6. The van der Waals surface area contributed by atoms with Gasteiger partial charge in [0.05, 0.1) is 6.54 Å². The molecule has 1 aliphatic rings. The van der Waals surface area contributed by atoms with E-state index in [1.54, 1.807) is 24.0 Å². The summed E-state index contributed by atoms with van der Waals surface area (Å²) in [6, 6.07) is 5.49. The molecule has 6 nitrogen and oxygen atoms in total. The quantitative estimate of drug-likeness (QED) is 0.819. The molecule has 0 radical (unpaired) electrons. The summed E-state index contributed by atoms with van der Waals surface area (Å²) in [4.78, 5) is 28.3. The summed E-state index contributed by atoms with van der Waals surface area (Å²) in [6.07, 6.45) is -0.564. The Morgan fingerprint density at radius 2 is 1.85 bits per heavy atom. The fraction of sp³-hybridized carbons (Fsp3) is 0.579. The second-order valence-corrected chi connectivity index (χ2v) is 7.43. The van der Waals surface area contributed by atoms with E-state index in [1.807, 2.05) is 26.8 Å². The van der Waals surface area contributed by atoms with Gasteiger partial charge in [-0.2, -0.15) is 0 Å². The lowest BCUT2D eigenvalue weighted by molar-refractivity contribution is -0.139. The van der Waals surface area contributed by atoms with Gasteiger partial charge in [-0.25, -0.2) is 0 Å². The SMILES string of the molecule is Cc1cc(Cl)ccc1OC(C)C(=O)N1CCN(CC(=O)NC(C)C)CC1. The highest BCUT2D eigenvalue weighted by Crippen LogP contribution is 2.23. The Kier molecular flexibility index (Phi) is 7.29. The van der Waals surface area contributed by atoms with Gasteiger partial charge >= 0.3 is 0 Å². The van der Waals surface area contributed by atoms with E-state index in [9.17, 15) is 9.59 Å². The standard InChI is InChI=1S/C19H28ClN3O3/c1-13(2)21-18(24)12-22-7-9-23(10-8-22)19(25)15(4)26-17-6-5-16(20)11-14(17)3/h5-6,11,13,15H,7-10,12H2,1-4H3,(H,21,24). The molecule has 0 aromatic heterocycles. The third-order valence-corrected chi connectivity index (χ3v) is 4.52. The summed E-state index contributed by atoms with van der Waals surface area (Å²) in [7, 11) is 0. The topological polar surface area (TPSA) is 61.9 Å². The fourth-order valence-corrected chi connectivity index (χ4v) is 3.17. The first-order valence-corrected chi connectivity index (χ1v) is 9.37. The second-order valence-electron chi connectivity index (χ2n) is 6.99. The molecule has 26 heavy (non-hydrogen) atoms. The van der Waals surface area contributed by atoms with Crippen molar-refractivity contribution in [3.63, 3.8) is 0 Å². The molecule has 1 saturated heterocycles. The second kappa shape index (κ2) is 9.24. The Morgan fingerprint density at radius 1 is 1.19 bits per heavy atom. The molecule has 1 aromatic carbocycles. The van der Waals surface area contributed by atoms with Gasteiger partial charge in [-0.1, -0.05) is 11.6 Å². The molecule has 0 aliphatic carbocycles. The predicted octanol–water partition coefficient (Wildman–Crippen LogP) is 2.08. The molecule has 1 aliphatic heterocycles. The molecule has 0 saturated carbocycles. The molecule has 1 atom stereocenters. The van der Waals surface area contributed by atoms with Crippen LogP contribution in [-0.4, -0.2) is 66.5 Å². The van der Waals surface area contributed by atoms with E-state index in [4.69, 9.17) is 16.3 Å². The molecular weight excluding hydrogens is 354 g/mol. The van der Waals surface area contributed by atoms with Crippen molar-refractivity contribution in [1.82, 2.24) is 15.1 Å². The number of amides is 2. The fourth-order valence-electron chi connectivity index (χ4n) is 2.94. The van der Waals surface area contributed by atoms with Gasteiger partial charge in [0, 0.05) is 37.2 Å². The minimum Gasteiger partial charge on any atom is -0.481 e. The number of hydrogen-bond donors (Lipinski definition) is 1. The molecule has 2 rings (SSSR count). The van der Waals surface area contributed by atoms with Crippen LogP contribution in [0.3, 0.4) is 0 Å². The van der Waals surface area contributed by atoms with E-state index in [1.165, 1.54) is 0 Å². The highest BCUT2D eigenvalue weighted by atomic mass is 35.5. The first kappa shape index (κ1) is 20.5. The zero-order valence-electron chi connectivity index (χ0n) is 15.9. The van der Waals surface area contributed by atoms with Crippen LogP contribution in [0.25, 0.3) is 0 Å². The van der Waals surface area contributed by atoms with Crippen molar-refractivity contribution in [2.75, 3.05) is 32.7 Å². The molecule has 1 aromatic rings. The maximum absolute atomic E-state index is 12.6. The maximum Gasteiger partial charge on any atom is 0.263 e. The van der Waals surface area contributed by atoms with Gasteiger partial charge in [-0.05, 0) is 51.5 Å². The number of hydrogen-bond acceptors (Lipinski definition) is 4. The van der Waals surface area contributed by atoms with Crippen LogP contribution in [0.15, 0.2) is 18.2 Å². The molecule has 1 fully saturated rings. The van der Waals surface area contributed by atoms with Crippen molar-refractivity contribution in [3.05, 3.63) is 28.8 Å². The van der Waals surface area contributed by atoms with Crippen molar-refractivity contribution in [2.24, 2.45) is 0 Å². The van der Waals surface area contributed by atoms with Crippen molar-refractivity contribution < 1.29 is 14.3 Å². The number of nitrogens with zero attached hydrogens (tertiary/aromatic N) is 2.